The van der Waals surface area contributed by atoms with Crippen LogP contribution in [0.4, 0.5) is 0 Å². The Morgan fingerprint density at radius 3 is 2.84 bits per heavy atom. The summed E-state index contributed by atoms with van der Waals surface area (Å²) in [5.74, 6) is -0.166. The summed E-state index contributed by atoms with van der Waals surface area (Å²) in [5, 5.41) is 7.10. The number of nitrogens with zero attached hydrogens (tertiary/aromatic N) is 4. The molecule has 1 atom stereocenters. The molecule has 1 amide bonds. The summed E-state index contributed by atoms with van der Waals surface area (Å²) in [5.41, 5.74) is 2.87. The van der Waals surface area contributed by atoms with Crippen LogP contribution in [0.3, 0.4) is 0 Å². The van der Waals surface area contributed by atoms with E-state index in [0.29, 0.717) is 12.3 Å². The predicted octanol–water partition coefficient (Wildman–Crippen LogP) is 2.27. The SMILES string of the molecule is COCC(c1ccccn1)N(C)C(=O)c1cc(-c2cccn2C)n[nH]1. The predicted molar refractivity (Wildman–Crippen MR) is 93.9 cm³/mol. The van der Waals surface area contributed by atoms with E-state index in [4.69, 9.17) is 4.74 Å². The van der Waals surface area contributed by atoms with Gasteiger partial charge in [-0.1, -0.05) is 6.07 Å². The van der Waals surface area contributed by atoms with Crippen molar-refractivity contribution in [2.45, 2.75) is 6.04 Å². The van der Waals surface area contributed by atoms with Gasteiger partial charge in [0.25, 0.3) is 5.91 Å². The fourth-order valence-electron chi connectivity index (χ4n) is 2.75. The van der Waals surface area contributed by atoms with Gasteiger partial charge in [0, 0.05) is 33.6 Å². The lowest BCUT2D eigenvalue weighted by Crippen LogP contribution is -2.34. The largest absolute Gasteiger partial charge is 0.382 e. The minimum absolute atomic E-state index is 0.166. The van der Waals surface area contributed by atoms with E-state index in [-0.39, 0.29) is 11.9 Å². The van der Waals surface area contributed by atoms with E-state index >= 15 is 0 Å². The number of methoxy groups -OCH3 is 1. The van der Waals surface area contributed by atoms with Gasteiger partial charge in [-0.2, -0.15) is 5.10 Å². The molecule has 0 aliphatic carbocycles. The van der Waals surface area contributed by atoms with Gasteiger partial charge in [-0.25, -0.2) is 0 Å². The number of H-pyrrole nitrogens is 1. The smallest absolute Gasteiger partial charge is 0.272 e. The number of likely N-dealkylation sites (N-methyl/N-ethyl adjacent to an activating group) is 1. The van der Waals surface area contributed by atoms with Crippen LogP contribution in [-0.2, 0) is 11.8 Å². The maximum Gasteiger partial charge on any atom is 0.272 e. The lowest BCUT2D eigenvalue weighted by molar-refractivity contribution is 0.0589. The summed E-state index contributed by atoms with van der Waals surface area (Å²) < 4.78 is 7.24. The Balaban J connectivity index is 1.84. The molecule has 0 aromatic carbocycles. The summed E-state index contributed by atoms with van der Waals surface area (Å²) in [7, 11) is 5.29. The first-order valence-electron chi connectivity index (χ1n) is 7.96. The number of carbonyl (C=O) groups is 1. The van der Waals surface area contributed by atoms with Gasteiger partial charge in [-0.05, 0) is 30.3 Å². The first-order chi connectivity index (χ1) is 12.1. The second-order valence-corrected chi connectivity index (χ2v) is 5.81. The molecule has 7 heteroatoms. The van der Waals surface area contributed by atoms with Gasteiger partial charge in [0.05, 0.1) is 24.0 Å². The molecule has 0 spiro atoms. The lowest BCUT2D eigenvalue weighted by Gasteiger charge is -2.26. The lowest BCUT2D eigenvalue weighted by atomic mass is 10.1. The van der Waals surface area contributed by atoms with Gasteiger partial charge in [0.1, 0.15) is 11.4 Å². The highest BCUT2D eigenvalue weighted by molar-refractivity contribution is 5.93. The van der Waals surface area contributed by atoms with E-state index in [1.54, 1.807) is 31.3 Å². The highest BCUT2D eigenvalue weighted by Crippen LogP contribution is 2.22. The number of rotatable bonds is 6. The number of amides is 1. The van der Waals surface area contributed by atoms with Crippen molar-refractivity contribution in [2.24, 2.45) is 7.05 Å². The number of hydrogen-bond donors (Lipinski definition) is 1. The van der Waals surface area contributed by atoms with E-state index in [0.717, 1.165) is 17.1 Å². The molecule has 1 unspecified atom stereocenters. The van der Waals surface area contributed by atoms with Crippen LogP contribution in [0.25, 0.3) is 11.4 Å². The van der Waals surface area contributed by atoms with Gasteiger partial charge in [0.2, 0.25) is 0 Å². The second-order valence-electron chi connectivity index (χ2n) is 5.81. The molecule has 3 aromatic rings. The van der Waals surface area contributed by atoms with Crippen molar-refractivity contribution in [3.05, 3.63) is 60.2 Å². The van der Waals surface area contributed by atoms with Crippen molar-refractivity contribution in [2.75, 3.05) is 20.8 Å². The summed E-state index contributed by atoms with van der Waals surface area (Å²) in [4.78, 5) is 18.8. The molecular weight excluding hydrogens is 318 g/mol. The monoisotopic (exact) mass is 339 g/mol. The Kier molecular flexibility index (Phi) is 4.95. The highest BCUT2D eigenvalue weighted by Gasteiger charge is 2.25. The average molecular weight is 339 g/mol. The summed E-state index contributed by atoms with van der Waals surface area (Å²) in [6.45, 7) is 0.359. The molecule has 3 rings (SSSR count). The third kappa shape index (κ3) is 3.46. The number of ether oxygens (including phenoxy) is 1. The number of aromatic nitrogens is 4. The highest BCUT2D eigenvalue weighted by atomic mass is 16.5. The van der Waals surface area contributed by atoms with Crippen molar-refractivity contribution < 1.29 is 9.53 Å². The number of pyridine rings is 1. The van der Waals surface area contributed by atoms with Gasteiger partial charge >= 0.3 is 0 Å². The van der Waals surface area contributed by atoms with Crippen LogP contribution in [0.15, 0.2) is 48.8 Å². The van der Waals surface area contributed by atoms with Gasteiger partial charge in [-0.15, -0.1) is 0 Å². The summed E-state index contributed by atoms with van der Waals surface area (Å²) in [6.07, 6.45) is 3.65. The van der Waals surface area contributed by atoms with Crippen LogP contribution in [0.2, 0.25) is 0 Å². The summed E-state index contributed by atoms with van der Waals surface area (Å²) >= 11 is 0. The van der Waals surface area contributed by atoms with Crippen molar-refractivity contribution in [1.29, 1.82) is 0 Å². The standard InChI is InChI=1S/C18H21N5O2/c1-22-10-6-8-16(22)14-11-15(21-20-14)18(24)23(2)17(12-25-3)13-7-4-5-9-19-13/h4-11,17H,12H2,1-3H3,(H,20,21). The zero-order valence-corrected chi connectivity index (χ0v) is 14.5. The normalized spacial score (nSPS) is 12.1. The van der Waals surface area contributed by atoms with Crippen molar-refractivity contribution >= 4 is 5.91 Å². The van der Waals surface area contributed by atoms with Gasteiger partial charge in [0.15, 0.2) is 0 Å². The van der Waals surface area contributed by atoms with E-state index in [1.165, 1.54) is 0 Å². The van der Waals surface area contributed by atoms with Crippen LogP contribution < -0.4 is 0 Å². The first-order valence-corrected chi connectivity index (χ1v) is 7.96. The molecule has 7 nitrogen and oxygen atoms in total. The Bertz CT molecular complexity index is 840. The Labute approximate surface area is 146 Å². The Morgan fingerprint density at radius 1 is 1.36 bits per heavy atom. The zero-order chi connectivity index (χ0) is 17.8. The number of carbonyl (C=O) groups excluding carboxylic acids is 1. The Hall–Kier alpha value is -2.93. The zero-order valence-electron chi connectivity index (χ0n) is 14.5. The topological polar surface area (TPSA) is 76.0 Å². The van der Waals surface area contributed by atoms with Crippen LogP contribution in [0.5, 0.6) is 0 Å². The van der Waals surface area contributed by atoms with E-state index in [1.807, 2.05) is 48.1 Å². The van der Waals surface area contributed by atoms with E-state index < -0.39 is 0 Å². The van der Waals surface area contributed by atoms with Crippen LogP contribution in [0.1, 0.15) is 22.2 Å². The maximum absolute atomic E-state index is 12.9. The molecule has 0 saturated carbocycles. The molecule has 0 fully saturated rings. The quantitative estimate of drug-likeness (QED) is 0.747. The average Bonchev–Trinajstić information content (AvgIpc) is 3.28. The van der Waals surface area contributed by atoms with E-state index in [9.17, 15) is 4.79 Å². The Morgan fingerprint density at radius 2 is 2.20 bits per heavy atom. The molecule has 0 aliphatic heterocycles. The minimum Gasteiger partial charge on any atom is -0.382 e. The number of nitrogens with one attached hydrogen (secondary N) is 1. The maximum atomic E-state index is 12.9. The summed E-state index contributed by atoms with van der Waals surface area (Å²) in [6, 6.07) is 11.0. The number of hydrogen-bond acceptors (Lipinski definition) is 4. The van der Waals surface area contributed by atoms with Gasteiger partial charge < -0.3 is 14.2 Å². The molecule has 1 N–H and O–H groups in total. The molecule has 0 saturated heterocycles. The molecule has 0 radical (unpaired) electrons. The van der Waals surface area contributed by atoms with Crippen molar-refractivity contribution in [3.8, 4) is 11.4 Å². The van der Waals surface area contributed by atoms with Crippen LogP contribution in [0, 0.1) is 0 Å². The minimum atomic E-state index is -0.277. The first kappa shape index (κ1) is 16.9. The molecule has 0 bridgehead atoms. The van der Waals surface area contributed by atoms with Gasteiger partial charge in [-0.3, -0.25) is 14.9 Å². The fourth-order valence-corrected chi connectivity index (χ4v) is 2.75. The van der Waals surface area contributed by atoms with E-state index in [2.05, 4.69) is 15.2 Å². The van der Waals surface area contributed by atoms with Crippen LogP contribution in [-0.4, -0.2) is 51.3 Å². The van der Waals surface area contributed by atoms with Crippen molar-refractivity contribution in [3.63, 3.8) is 0 Å². The second kappa shape index (κ2) is 7.31. The number of aromatic amines is 1. The third-order valence-electron chi connectivity index (χ3n) is 4.16. The molecule has 3 aromatic heterocycles. The molecule has 0 aliphatic rings. The van der Waals surface area contributed by atoms with Crippen LogP contribution >= 0.6 is 0 Å². The third-order valence-corrected chi connectivity index (χ3v) is 4.16. The molecule has 25 heavy (non-hydrogen) atoms. The molecule has 3 heterocycles. The fraction of sp³-hybridized carbons (Fsp3) is 0.278. The molecule has 130 valence electrons. The van der Waals surface area contributed by atoms with Crippen molar-refractivity contribution in [1.82, 2.24) is 24.6 Å². The molecular formula is C18H21N5O2. The number of aryl methyl sites for hydroxylation is 1.